The molecule has 4 N–H and O–H groups in total. The molecule has 0 aliphatic carbocycles. The molecule has 3 heterocycles. The number of aromatic amines is 1. The molecule has 0 bridgehead atoms. The summed E-state index contributed by atoms with van der Waals surface area (Å²) >= 11 is 0. The summed E-state index contributed by atoms with van der Waals surface area (Å²) in [7, 11) is 1.29. The van der Waals surface area contributed by atoms with Crippen molar-refractivity contribution < 1.29 is 19.1 Å². The van der Waals surface area contributed by atoms with Crippen molar-refractivity contribution in [2.24, 2.45) is 5.92 Å². The number of rotatable bonds is 9. The number of amides is 3. The number of nitrogens with zero attached hydrogens (tertiary/aromatic N) is 3. The molecule has 11 heteroatoms. The topological polar surface area (TPSA) is 132 Å². The molecule has 2 aliphatic heterocycles. The van der Waals surface area contributed by atoms with Crippen LogP contribution in [0.4, 0.5) is 16.2 Å². The molecule has 3 amide bonds. The minimum absolute atomic E-state index is 0.0949. The number of hydrogen-bond donors (Lipinski definition) is 4. The van der Waals surface area contributed by atoms with Crippen LogP contribution in [0.5, 0.6) is 0 Å². The van der Waals surface area contributed by atoms with Gasteiger partial charge in [0.05, 0.1) is 18.8 Å². The first kappa shape index (κ1) is 32.8. The fraction of sp³-hybridized carbons (Fsp3) is 0.351. The molecule has 0 radical (unpaired) electrons. The molecular formula is C37H43N7O4. The van der Waals surface area contributed by atoms with E-state index in [-0.39, 0.29) is 23.8 Å². The van der Waals surface area contributed by atoms with Gasteiger partial charge >= 0.3 is 6.09 Å². The fourth-order valence-electron chi connectivity index (χ4n) is 6.38. The standard InChI is InChI=1S/C37H43N7O4/c1-24(2)33(42-37(47)48-3)36(46)44-20-4-5-32(44)34-39-23-31(41-34)27-10-6-25(7-11-27)26-8-12-28(13-9-26)35(45)40-29-14-16-30(17-15-29)43-21-18-38-19-22-43/h6-17,23-24,32-33,38H,4-5,18-22H2,1-3H3,(H,39,41)(H,40,45)(H,42,47)/t32-,33-/m0/s1. The smallest absolute Gasteiger partial charge is 0.407 e. The first-order valence-corrected chi connectivity index (χ1v) is 16.6. The molecule has 0 unspecified atom stereocenters. The number of alkyl carbamates (subject to hydrolysis) is 1. The molecule has 0 spiro atoms. The average molecular weight is 650 g/mol. The molecule has 2 aliphatic rings. The number of aromatic nitrogens is 2. The van der Waals surface area contributed by atoms with E-state index in [0.717, 1.165) is 78.6 Å². The van der Waals surface area contributed by atoms with Crippen molar-refractivity contribution in [1.29, 1.82) is 0 Å². The fourth-order valence-corrected chi connectivity index (χ4v) is 6.38. The van der Waals surface area contributed by atoms with Crippen LogP contribution < -0.4 is 20.9 Å². The Morgan fingerprint density at radius 2 is 1.52 bits per heavy atom. The summed E-state index contributed by atoms with van der Waals surface area (Å²) in [4.78, 5) is 50.6. The van der Waals surface area contributed by atoms with E-state index in [2.05, 4.69) is 38.0 Å². The Morgan fingerprint density at radius 3 is 2.17 bits per heavy atom. The number of hydrogen-bond acceptors (Lipinski definition) is 7. The van der Waals surface area contributed by atoms with Crippen molar-refractivity contribution in [1.82, 2.24) is 25.5 Å². The molecule has 2 saturated heterocycles. The molecule has 3 aromatic carbocycles. The number of benzene rings is 3. The van der Waals surface area contributed by atoms with E-state index in [1.807, 2.05) is 80.7 Å². The number of H-pyrrole nitrogens is 1. The number of piperazine rings is 1. The predicted octanol–water partition coefficient (Wildman–Crippen LogP) is 5.45. The summed E-state index contributed by atoms with van der Waals surface area (Å²) in [5, 5.41) is 9.05. The number of imidazole rings is 1. The van der Waals surface area contributed by atoms with Gasteiger partial charge in [-0.2, -0.15) is 0 Å². The van der Waals surface area contributed by atoms with Gasteiger partial charge in [0.25, 0.3) is 5.91 Å². The summed E-state index contributed by atoms with van der Waals surface area (Å²) in [6, 6.07) is 22.8. The maximum atomic E-state index is 13.5. The first-order chi connectivity index (χ1) is 23.3. The largest absolute Gasteiger partial charge is 0.453 e. The molecule has 2 fully saturated rings. The highest BCUT2D eigenvalue weighted by molar-refractivity contribution is 6.04. The summed E-state index contributed by atoms with van der Waals surface area (Å²) < 4.78 is 4.74. The van der Waals surface area contributed by atoms with Gasteiger partial charge in [-0.1, -0.05) is 50.2 Å². The van der Waals surface area contributed by atoms with Crippen LogP contribution in [-0.4, -0.2) is 78.7 Å². The zero-order valence-electron chi connectivity index (χ0n) is 27.7. The molecule has 6 rings (SSSR count). The third kappa shape index (κ3) is 7.36. The Bertz CT molecular complexity index is 1710. The van der Waals surface area contributed by atoms with Gasteiger partial charge in [-0.25, -0.2) is 9.78 Å². The van der Waals surface area contributed by atoms with Crippen LogP contribution in [0.25, 0.3) is 22.4 Å². The van der Waals surface area contributed by atoms with Crippen molar-refractivity contribution in [2.45, 2.75) is 38.8 Å². The Labute approximate surface area is 281 Å². The van der Waals surface area contributed by atoms with E-state index >= 15 is 0 Å². The quantitative estimate of drug-likeness (QED) is 0.190. The minimum atomic E-state index is -0.677. The number of carbonyl (C=O) groups is 3. The van der Waals surface area contributed by atoms with Crippen molar-refractivity contribution in [3.63, 3.8) is 0 Å². The second-order valence-corrected chi connectivity index (χ2v) is 12.6. The second-order valence-electron chi connectivity index (χ2n) is 12.6. The van der Waals surface area contributed by atoms with Gasteiger partial charge < -0.3 is 35.5 Å². The SMILES string of the molecule is COC(=O)N[C@H](C(=O)N1CCC[C@H]1c1nc(-c2ccc(-c3ccc(C(=O)Nc4ccc(N5CCNCC5)cc4)cc3)cc2)c[nH]1)C(C)C. The van der Waals surface area contributed by atoms with Crippen LogP contribution in [0.2, 0.25) is 0 Å². The van der Waals surface area contributed by atoms with Gasteiger partial charge in [0, 0.05) is 61.4 Å². The molecule has 2 atom stereocenters. The van der Waals surface area contributed by atoms with E-state index in [9.17, 15) is 14.4 Å². The van der Waals surface area contributed by atoms with Gasteiger partial charge in [0.15, 0.2) is 0 Å². The molecule has 0 saturated carbocycles. The normalized spacial score (nSPS) is 16.9. The van der Waals surface area contributed by atoms with Crippen LogP contribution in [0.1, 0.15) is 48.9 Å². The number of anilines is 2. The lowest BCUT2D eigenvalue weighted by Crippen LogP contribution is -2.51. The Morgan fingerprint density at radius 1 is 0.875 bits per heavy atom. The number of likely N-dealkylation sites (tertiary alicyclic amines) is 1. The molecule has 1 aromatic heterocycles. The third-order valence-electron chi connectivity index (χ3n) is 9.11. The Hall–Kier alpha value is -5.16. The van der Waals surface area contributed by atoms with Gasteiger partial charge in [-0.05, 0) is 66.3 Å². The maximum absolute atomic E-state index is 13.5. The summed E-state index contributed by atoms with van der Waals surface area (Å²) in [6.07, 6.45) is 2.89. The number of carbonyl (C=O) groups excluding carboxylic acids is 3. The summed E-state index contributed by atoms with van der Waals surface area (Å²) in [5.41, 5.74) is 6.28. The first-order valence-electron chi connectivity index (χ1n) is 16.6. The monoisotopic (exact) mass is 649 g/mol. The van der Waals surface area contributed by atoms with Gasteiger partial charge in [-0.15, -0.1) is 0 Å². The lowest BCUT2D eigenvalue weighted by Gasteiger charge is -2.29. The molecular weight excluding hydrogens is 606 g/mol. The Kier molecular flexibility index (Phi) is 10.1. The molecule has 48 heavy (non-hydrogen) atoms. The van der Waals surface area contributed by atoms with Gasteiger partial charge in [0.1, 0.15) is 11.9 Å². The molecule has 11 nitrogen and oxygen atoms in total. The lowest BCUT2D eigenvalue weighted by molar-refractivity contribution is -0.135. The summed E-state index contributed by atoms with van der Waals surface area (Å²) in [5.74, 6) is 0.346. The van der Waals surface area contributed by atoms with Crippen LogP contribution in [0.15, 0.2) is 79.0 Å². The molecule has 250 valence electrons. The van der Waals surface area contributed by atoms with Crippen LogP contribution >= 0.6 is 0 Å². The van der Waals surface area contributed by atoms with Crippen molar-refractivity contribution in [3.8, 4) is 22.4 Å². The molecule has 4 aromatic rings. The van der Waals surface area contributed by atoms with Crippen LogP contribution in [0, 0.1) is 5.92 Å². The van der Waals surface area contributed by atoms with E-state index in [0.29, 0.717) is 12.1 Å². The van der Waals surface area contributed by atoms with Gasteiger partial charge in [-0.3, -0.25) is 9.59 Å². The van der Waals surface area contributed by atoms with Crippen LogP contribution in [-0.2, 0) is 9.53 Å². The predicted molar refractivity (Wildman–Crippen MR) is 187 cm³/mol. The maximum Gasteiger partial charge on any atom is 0.407 e. The zero-order valence-corrected chi connectivity index (χ0v) is 27.7. The highest BCUT2D eigenvalue weighted by Crippen LogP contribution is 2.33. The number of ether oxygens (including phenoxy) is 1. The lowest BCUT2D eigenvalue weighted by atomic mass is 10.0. The van der Waals surface area contributed by atoms with E-state index in [1.54, 1.807) is 4.90 Å². The highest BCUT2D eigenvalue weighted by atomic mass is 16.5. The average Bonchev–Trinajstić information content (AvgIpc) is 3.82. The van der Waals surface area contributed by atoms with Crippen molar-refractivity contribution in [3.05, 3.63) is 90.4 Å². The van der Waals surface area contributed by atoms with Gasteiger partial charge in [0.2, 0.25) is 5.91 Å². The third-order valence-corrected chi connectivity index (χ3v) is 9.11. The Balaban J connectivity index is 1.07. The van der Waals surface area contributed by atoms with Crippen molar-refractivity contribution >= 4 is 29.3 Å². The van der Waals surface area contributed by atoms with E-state index in [4.69, 9.17) is 9.72 Å². The number of methoxy groups -OCH3 is 1. The zero-order chi connectivity index (χ0) is 33.6. The second kappa shape index (κ2) is 14.7. The van der Waals surface area contributed by atoms with E-state index in [1.165, 1.54) is 7.11 Å². The number of nitrogens with one attached hydrogen (secondary N) is 4. The minimum Gasteiger partial charge on any atom is -0.453 e. The summed E-state index contributed by atoms with van der Waals surface area (Å²) in [6.45, 7) is 8.32. The van der Waals surface area contributed by atoms with E-state index < -0.39 is 12.1 Å². The van der Waals surface area contributed by atoms with Crippen molar-refractivity contribution in [2.75, 3.05) is 50.1 Å². The van der Waals surface area contributed by atoms with Crippen LogP contribution in [0.3, 0.4) is 0 Å². The highest BCUT2D eigenvalue weighted by Gasteiger charge is 2.37.